The molecule has 2 fully saturated rings. The van der Waals surface area contributed by atoms with Crippen molar-refractivity contribution in [1.29, 1.82) is 0 Å². The van der Waals surface area contributed by atoms with Gasteiger partial charge < -0.3 is 14.2 Å². The average Bonchev–Trinajstić information content (AvgIpc) is 3.27. The molecule has 2 aromatic rings. The fourth-order valence-corrected chi connectivity index (χ4v) is 3.62. The largest absolute Gasteiger partial charge is 0.472 e. The van der Waals surface area contributed by atoms with E-state index in [1.165, 1.54) is 12.5 Å². The number of carbonyl (C=O) groups is 2. The Morgan fingerprint density at radius 2 is 2.09 bits per heavy atom. The lowest BCUT2D eigenvalue weighted by molar-refractivity contribution is -0.129. The van der Waals surface area contributed by atoms with Crippen LogP contribution in [0.25, 0.3) is 0 Å². The molecule has 23 heavy (non-hydrogen) atoms. The summed E-state index contributed by atoms with van der Waals surface area (Å²) in [6.45, 7) is 1.26. The number of carbonyl (C=O) groups excluding carboxylic acids is 2. The zero-order valence-electron chi connectivity index (χ0n) is 12.6. The molecule has 0 saturated carbocycles. The summed E-state index contributed by atoms with van der Waals surface area (Å²) in [5.41, 5.74) is 1.61. The molecule has 0 bridgehead atoms. The second-order valence-corrected chi connectivity index (χ2v) is 6.02. The quantitative estimate of drug-likeness (QED) is 0.865. The summed E-state index contributed by atoms with van der Waals surface area (Å²) < 4.78 is 5.00. The highest BCUT2D eigenvalue weighted by Gasteiger charge is 2.48. The lowest BCUT2D eigenvalue weighted by atomic mass is 10.1. The molecule has 2 atom stereocenters. The highest BCUT2D eigenvalue weighted by Crippen LogP contribution is 2.34. The lowest BCUT2D eigenvalue weighted by Crippen LogP contribution is -2.39. The zero-order valence-corrected chi connectivity index (χ0v) is 12.6. The first kappa shape index (κ1) is 14.0. The molecular formula is C17H17N3O3. The third kappa shape index (κ3) is 2.40. The number of furan rings is 1. The van der Waals surface area contributed by atoms with E-state index in [0.29, 0.717) is 25.1 Å². The molecule has 2 saturated heterocycles. The lowest BCUT2D eigenvalue weighted by Gasteiger charge is -2.25. The number of aromatic nitrogens is 1. The maximum atomic E-state index is 12.6. The molecule has 2 aromatic heterocycles. The number of nitrogens with zero attached hydrogens (tertiary/aromatic N) is 3. The summed E-state index contributed by atoms with van der Waals surface area (Å²) in [7, 11) is 0. The van der Waals surface area contributed by atoms with Gasteiger partial charge in [-0.1, -0.05) is 0 Å². The van der Waals surface area contributed by atoms with Gasteiger partial charge in [0.1, 0.15) is 6.26 Å². The minimum atomic E-state index is -0.0511. The average molecular weight is 311 g/mol. The van der Waals surface area contributed by atoms with E-state index in [1.54, 1.807) is 18.5 Å². The number of hydrogen-bond donors (Lipinski definition) is 0. The van der Waals surface area contributed by atoms with Crippen LogP contribution in [0.5, 0.6) is 0 Å². The second-order valence-electron chi connectivity index (χ2n) is 6.02. The molecule has 118 valence electrons. The van der Waals surface area contributed by atoms with Crippen molar-refractivity contribution in [2.24, 2.45) is 0 Å². The van der Waals surface area contributed by atoms with Crippen LogP contribution in [0.4, 0.5) is 0 Å². The van der Waals surface area contributed by atoms with Crippen molar-refractivity contribution < 1.29 is 14.0 Å². The third-order valence-electron chi connectivity index (χ3n) is 4.75. The van der Waals surface area contributed by atoms with Crippen LogP contribution in [-0.2, 0) is 11.3 Å². The topological polar surface area (TPSA) is 66.7 Å². The van der Waals surface area contributed by atoms with E-state index in [-0.39, 0.29) is 23.9 Å². The van der Waals surface area contributed by atoms with Gasteiger partial charge in [-0.2, -0.15) is 0 Å². The van der Waals surface area contributed by atoms with Gasteiger partial charge in [-0.05, 0) is 30.2 Å². The monoisotopic (exact) mass is 311 g/mol. The number of rotatable bonds is 3. The van der Waals surface area contributed by atoms with Gasteiger partial charge in [-0.3, -0.25) is 14.6 Å². The van der Waals surface area contributed by atoms with Gasteiger partial charge in [0, 0.05) is 31.9 Å². The van der Waals surface area contributed by atoms with Crippen molar-refractivity contribution >= 4 is 11.8 Å². The molecule has 2 aliphatic rings. The summed E-state index contributed by atoms with van der Waals surface area (Å²) >= 11 is 0. The van der Waals surface area contributed by atoms with E-state index >= 15 is 0 Å². The third-order valence-corrected chi connectivity index (χ3v) is 4.75. The van der Waals surface area contributed by atoms with Gasteiger partial charge in [0.05, 0.1) is 23.9 Å². The van der Waals surface area contributed by atoms with E-state index in [9.17, 15) is 9.59 Å². The molecule has 4 heterocycles. The molecule has 0 spiro atoms. The van der Waals surface area contributed by atoms with Crippen LogP contribution in [0.2, 0.25) is 0 Å². The number of hydrogen-bond acceptors (Lipinski definition) is 4. The van der Waals surface area contributed by atoms with Gasteiger partial charge in [0.15, 0.2) is 0 Å². The Bertz CT molecular complexity index is 714. The first-order chi connectivity index (χ1) is 11.2. The summed E-state index contributed by atoms with van der Waals surface area (Å²) in [5.74, 6) is 0.0614. The van der Waals surface area contributed by atoms with E-state index < -0.39 is 0 Å². The first-order valence-corrected chi connectivity index (χ1v) is 7.75. The number of likely N-dealkylation sites (tertiary alicyclic amines) is 2. The molecule has 6 nitrogen and oxygen atoms in total. The molecular weight excluding hydrogens is 294 g/mol. The molecule has 0 aromatic carbocycles. The van der Waals surface area contributed by atoms with E-state index in [1.807, 2.05) is 21.9 Å². The van der Waals surface area contributed by atoms with Gasteiger partial charge in [0.2, 0.25) is 5.91 Å². The second kappa shape index (κ2) is 5.53. The van der Waals surface area contributed by atoms with Crippen LogP contribution < -0.4 is 0 Å². The van der Waals surface area contributed by atoms with Crippen LogP contribution in [-0.4, -0.2) is 45.2 Å². The highest BCUT2D eigenvalue weighted by molar-refractivity contribution is 5.95. The van der Waals surface area contributed by atoms with E-state index in [0.717, 1.165) is 12.0 Å². The Balaban J connectivity index is 1.52. The van der Waals surface area contributed by atoms with Crippen molar-refractivity contribution in [1.82, 2.24) is 14.8 Å². The van der Waals surface area contributed by atoms with Crippen LogP contribution in [0.15, 0.2) is 47.5 Å². The van der Waals surface area contributed by atoms with Crippen molar-refractivity contribution in [2.75, 3.05) is 6.54 Å². The summed E-state index contributed by atoms with van der Waals surface area (Å²) in [4.78, 5) is 32.7. The maximum absolute atomic E-state index is 12.6. The standard InChI is InChI=1S/C17H17N3O3/c21-16-9-15-14(20(16)10-12-1-5-18-6-2-12)3-7-19(15)17(22)13-4-8-23-11-13/h1-2,4-6,8,11,14-15H,3,7,9-10H2/t14-,15+/m0/s1. The van der Waals surface area contributed by atoms with Crippen LogP contribution in [0.3, 0.4) is 0 Å². The maximum Gasteiger partial charge on any atom is 0.257 e. The molecule has 2 amide bonds. The van der Waals surface area contributed by atoms with Crippen LogP contribution >= 0.6 is 0 Å². The van der Waals surface area contributed by atoms with Crippen LogP contribution in [0.1, 0.15) is 28.8 Å². The van der Waals surface area contributed by atoms with Crippen molar-refractivity contribution in [3.8, 4) is 0 Å². The van der Waals surface area contributed by atoms with Crippen molar-refractivity contribution in [2.45, 2.75) is 31.5 Å². The minimum absolute atomic E-state index is 0.0354. The number of amides is 2. The summed E-state index contributed by atoms with van der Waals surface area (Å²) in [6.07, 6.45) is 7.65. The Labute approximate surface area is 133 Å². The van der Waals surface area contributed by atoms with Gasteiger partial charge in [-0.25, -0.2) is 0 Å². The van der Waals surface area contributed by atoms with E-state index in [2.05, 4.69) is 4.98 Å². The SMILES string of the molecule is O=C(c1ccoc1)N1CC[C@H]2[C@H]1CC(=O)N2Cc1ccncc1. The summed E-state index contributed by atoms with van der Waals surface area (Å²) in [6, 6.07) is 5.58. The fourth-order valence-electron chi connectivity index (χ4n) is 3.62. The number of fused-ring (bicyclic) bond motifs is 1. The molecule has 4 rings (SSSR count). The van der Waals surface area contributed by atoms with Gasteiger partial charge >= 0.3 is 0 Å². The molecule has 0 radical (unpaired) electrons. The molecule has 0 unspecified atom stereocenters. The van der Waals surface area contributed by atoms with E-state index in [4.69, 9.17) is 4.42 Å². The molecule has 0 aliphatic carbocycles. The Morgan fingerprint density at radius 3 is 2.83 bits per heavy atom. The fraction of sp³-hybridized carbons (Fsp3) is 0.353. The smallest absolute Gasteiger partial charge is 0.257 e. The highest BCUT2D eigenvalue weighted by atomic mass is 16.3. The Kier molecular flexibility index (Phi) is 3.37. The van der Waals surface area contributed by atoms with Gasteiger partial charge in [0.25, 0.3) is 5.91 Å². The first-order valence-electron chi connectivity index (χ1n) is 7.75. The Morgan fingerprint density at radius 1 is 1.26 bits per heavy atom. The molecule has 0 N–H and O–H groups in total. The van der Waals surface area contributed by atoms with Gasteiger partial charge in [-0.15, -0.1) is 0 Å². The zero-order chi connectivity index (χ0) is 15.8. The van der Waals surface area contributed by atoms with Crippen LogP contribution in [0, 0.1) is 0 Å². The predicted octanol–water partition coefficient (Wildman–Crippen LogP) is 1.69. The predicted molar refractivity (Wildman–Crippen MR) is 81.3 cm³/mol. The molecule has 2 aliphatic heterocycles. The normalized spacial score (nSPS) is 23.4. The van der Waals surface area contributed by atoms with Crippen molar-refractivity contribution in [3.63, 3.8) is 0 Å². The molecule has 6 heteroatoms. The van der Waals surface area contributed by atoms with Crippen molar-refractivity contribution in [3.05, 3.63) is 54.2 Å². The minimum Gasteiger partial charge on any atom is -0.472 e. The Hall–Kier alpha value is -2.63. The summed E-state index contributed by atoms with van der Waals surface area (Å²) in [5, 5.41) is 0. The number of pyridine rings is 1.